The summed E-state index contributed by atoms with van der Waals surface area (Å²) in [4.78, 5) is 36.4. The topological polar surface area (TPSA) is 78.9 Å². The molecule has 6 nitrogen and oxygen atoms in total. The van der Waals surface area contributed by atoms with Gasteiger partial charge in [-0.1, -0.05) is 19.8 Å². The Kier molecular flexibility index (Phi) is 8.39. The van der Waals surface area contributed by atoms with Crippen molar-refractivity contribution < 1.29 is 28.6 Å². The monoisotopic (exact) mass is 356 g/mol. The molecule has 1 aliphatic carbocycles. The summed E-state index contributed by atoms with van der Waals surface area (Å²) in [5.41, 5.74) is -0.543. The Bertz CT molecular complexity index is 469. The van der Waals surface area contributed by atoms with Gasteiger partial charge >= 0.3 is 17.9 Å². The highest BCUT2D eigenvalue weighted by Gasteiger charge is 2.38. The van der Waals surface area contributed by atoms with Crippen LogP contribution < -0.4 is 0 Å². The van der Waals surface area contributed by atoms with E-state index in [1.807, 2.05) is 20.8 Å². The fourth-order valence-electron chi connectivity index (χ4n) is 2.74. The van der Waals surface area contributed by atoms with Crippen LogP contribution >= 0.6 is 0 Å². The van der Waals surface area contributed by atoms with Crippen molar-refractivity contribution in [3.8, 4) is 0 Å². The van der Waals surface area contributed by atoms with E-state index in [4.69, 9.17) is 14.2 Å². The average molecular weight is 356 g/mol. The largest absolute Gasteiger partial charge is 0.463 e. The van der Waals surface area contributed by atoms with Gasteiger partial charge in [0.05, 0.1) is 23.4 Å². The molecule has 0 spiro atoms. The van der Waals surface area contributed by atoms with Gasteiger partial charge in [0, 0.05) is 0 Å². The second kappa shape index (κ2) is 9.78. The fraction of sp³-hybridized carbons (Fsp3) is 0.842. The van der Waals surface area contributed by atoms with Crippen molar-refractivity contribution in [1.82, 2.24) is 0 Å². The van der Waals surface area contributed by atoms with Gasteiger partial charge in [-0.05, 0) is 47.0 Å². The van der Waals surface area contributed by atoms with Crippen LogP contribution in [0.4, 0.5) is 0 Å². The fourth-order valence-corrected chi connectivity index (χ4v) is 2.74. The van der Waals surface area contributed by atoms with E-state index in [0.29, 0.717) is 19.3 Å². The summed E-state index contributed by atoms with van der Waals surface area (Å²) < 4.78 is 15.7. The molecule has 0 saturated heterocycles. The van der Waals surface area contributed by atoms with Gasteiger partial charge in [0.15, 0.2) is 0 Å². The second-order valence-corrected chi connectivity index (χ2v) is 7.52. The number of esters is 3. The molecule has 1 saturated carbocycles. The molecule has 0 aromatic carbocycles. The SMILES string of the molecule is CCC(C)(C)C(=O)OCCOC(=O)C1CCCCC1C(=O)OC(C)C. The smallest absolute Gasteiger partial charge is 0.311 e. The standard InChI is InChI=1S/C19H32O6/c1-6-19(4,5)18(22)24-12-11-23-16(20)14-9-7-8-10-15(14)17(21)25-13(2)3/h13-15H,6-12H2,1-5H3. The first kappa shape index (κ1) is 21.5. The number of carbonyl (C=O) groups excluding carboxylic acids is 3. The summed E-state index contributed by atoms with van der Waals surface area (Å²) in [5, 5.41) is 0. The lowest BCUT2D eigenvalue weighted by Crippen LogP contribution is -2.36. The summed E-state index contributed by atoms with van der Waals surface area (Å²) >= 11 is 0. The van der Waals surface area contributed by atoms with Crippen molar-refractivity contribution in [1.29, 1.82) is 0 Å². The van der Waals surface area contributed by atoms with Crippen LogP contribution in [0.3, 0.4) is 0 Å². The van der Waals surface area contributed by atoms with Gasteiger partial charge in [-0.25, -0.2) is 0 Å². The predicted molar refractivity (Wildman–Crippen MR) is 92.7 cm³/mol. The minimum atomic E-state index is -0.543. The molecule has 0 N–H and O–H groups in total. The Balaban J connectivity index is 2.46. The van der Waals surface area contributed by atoms with E-state index in [9.17, 15) is 14.4 Å². The zero-order valence-electron chi connectivity index (χ0n) is 16.1. The molecule has 6 heteroatoms. The van der Waals surface area contributed by atoms with Crippen LogP contribution in [-0.2, 0) is 28.6 Å². The first-order valence-corrected chi connectivity index (χ1v) is 9.23. The molecule has 0 aliphatic heterocycles. The zero-order chi connectivity index (χ0) is 19.0. The zero-order valence-corrected chi connectivity index (χ0v) is 16.1. The van der Waals surface area contributed by atoms with E-state index in [0.717, 1.165) is 12.8 Å². The van der Waals surface area contributed by atoms with Crippen LogP contribution in [0.1, 0.15) is 66.7 Å². The Morgan fingerprint density at radius 3 is 2.00 bits per heavy atom. The van der Waals surface area contributed by atoms with Crippen LogP contribution in [0, 0.1) is 17.3 Å². The van der Waals surface area contributed by atoms with Gasteiger partial charge in [0.1, 0.15) is 13.2 Å². The molecule has 0 aromatic rings. The highest BCUT2D eigenvalue weighted by Crippen LogP contribution is 2.32. The van der Waals surface area contributed by atoms with E-state index in [-0.39, 0.29) is 31.3 Å². The summed E-state index contributed by atoms with van der Waals surface area (Å²) in [6.45, 7) is 9.17. The van der Waals surface area contributed by atoms with Crippen LogP contribution in [0.5, 0.6) is 0 Å². The molecule has 0 bridgehead atoms. The van der Waals surface area contributed by atoms with Gasteiger partial charge in [-0.15, -0.1) is 0 Å². The first-order valence-electron chi connectivity index (χ1n) is 9.23. The van der Waals surface area contributed by atoms with Crippen LogP contribution in [0.25, 0.3) is 0 Å². The Morgan fingerprint density at radius 1 is 0.960 bits per heavy atom. The molecular formula is C19H32O6. The Hall–Kier alpha value is -1.59. The van der Waals surface area contributed by atoms with Crippen molar-refractivity contribution in [3.63, 3.8) is 0 Å². The molecule has 2 atom stereocenters. The third-order valence-corrected chi connectivity index (χ3v) is 4.72. The quantitative estimate of drug-likeness (QED) is 0.377. The van der Waals surface area contributed by atoms with Gasteiger partial charge < -0.3 is 14.2 Å². The van der Waals surface area contributed by atoms with Crippen molar-refractivity contribution in [2.24, 2.45) is 17.3 Å². The second-order valence-electron chi connectivity index (χ2n) is 7.52. The maximum Gasteiger partial charge on any atom is 0.311 e. The molecule has 144 valence electrons. The Labute approximate surface area is 150 Å². The molecule has 1 aliphatic rings. The first-order chi connectivity index (χ1) is 11.7. The Morgan fingerprint density at radius 2 is 1.48 bits per heavy atom. The maximum atomic E-state index is 12.3. The van der Waals surface area contributed by atoms with Crippen LogP contribution in [-0.4, -0.2) is 37.2 Å². The highest BCUT2D eigenvalue weighted by atomic mass is 16.6. The number of hydrogen-bond donors (Lipinski definition) is 0. The predicted octanol–water partition coefficient (Wildman–Crippen LogP) is 3.27. The van der Waals surface area contributed by atoms with Crippen molar-refractivity contribution in [3.05, 3.63) is 0 Å². The maximum absolute atomic E-state index is 12.3. The lowest BCUT2D eigenvalue weighted by molar-refractivity contribution is -0.167. The van der Waals surface area contributed by atoms with E-state index < -0.39 is 23.2 Å². The molecule has 0 radical (unpaired) electrons. The molecule has 0 aromatic heterocycles. The van der Waals surface area contributed by atoms with E-state index in [2.05, 4.69) is 0 Å². The number of rotatable bonds is 8. The number of carbonyl (C=O) groups is 3. The van der Waals surface area contributed by atoms with Gasteiger partial charge in [0.2, 0.25) is 0 Å². The number of hydrogen-bond acceptors (Lipinski definition) is 6. The number of ether oxygens (including phenoxy) is 3. The van der Waals surface area contributed by atoms with Crippen molar-refractivity contribution >= 4 is 17.9 Å². The molecule has 25 heavy (non-hydrogen) atoms. The molecule has 1 rings (SSSR count). The third kappa shape index (κ3) is 6.67. The van der Waals surface area contributed by atoms with Crippen molar-refractivity contribution in [2.45, 2.75) is 72.8 Å². The summed E-state index contributed by atoms with van der Waals surface area (Å²) in [5.74, 6) is -1.95. The molecule has 0 amide bonds. The average Bonchev–Trinajstić information content (AvgIpc) is 2.57. The normalized spacial score (nSPS) is 20.9. The lowest BCUT2D eigenvalue weighted by Gasteiger charge is -2.29. The van der Waals surface area contributed by atoms with Gasteiger partial charge in [-0.3, -0.25) is 14.4 Å². The minimum Gasteiger partial charge on any atom is -0.463 e. The van der Waals surface area contributed by atoms with E-state index in [1.54, 1.807) is 13.8 Å². The van der Waals surface area contributed by atoms with Gasteiger partial charge in [0.25, 0.3) is 0 Å². The lowest BCUT2D eigenvalue weighted by atomic mass is 9.79. The van der Waals surface area contributed by atoms with Crippen LogP contribution in [0.15, 0.2) is 0 Å². The highest BCUT2D eigenvalue weighted by molar-refractivity contribution is 5.82. The van der Waals surface area contributed by atoms with E-state index in [1.165, 1.54) is 0 Å². The molecule has 2 unspecified atom stereocenters. The summed E-state index contributed by atoms with van der Waals surface area (Å²) in [6.07, 6.45) is 3.54. The molecular weight excluding hydrogens is 324 g/mol. The third-order valence-electron chi connectivity index (χ3n) is 4.72. The van der Waals surface area contributed by atoms with E-state index >= 15 is 0 Å². The summed E-state index contributed by atoms with van der Waals surface area (Å²) in [7, 11) is 0. The molecule has 0 heterocycles. The summed E-state index contributed by atoms with van der Waals surface area (Å²) in [6, 6.07) is 0. The van der Waals surface area contributed by atoms with Gasteiger partial charge in [-0.2, -0.15) is 0 Å². The van der Waals surface area contributed by atoms with Crippen LogP contribution in [0.2, 0.25) is 0 Å². The molecule has 1 fully saturated rings. The van der Waals surface area contributed by atoms with Crippen molar-refractivity contribution in [2.75, 3.05) is 13.2 Å². The minimum absolute atomic E-state index is 0.00676.